The van der Waals surface area contributed by atoms with Crippen LogP contribution >= 0.6 is 0 Å². The highest BCUT2D eigenvalue weighted by Crippen LogP contribution is 2.22. The second-order valence-electron chi connectivity index (χ2n) is 5.94. The van der Waals surface area contributed by atoms with Crippen molar-refractivity contribution in [3.63, 3.8) is 0 Å². The van der Waals surface area contributed by atoms with Crippen LogP contribution in [0.1, 0.15) is 34.3 Å². The maximum absolute atomic E-state index is 12.2. The standard InChI is InChI=1S/C19H21N3O2/c23-18(21-10-3-4-15-7-11-20-12-8-15)9-13-22-14-16-5-1-2-6-17(16)19(22)24/h1-2,5-8,11-12H,3-4,9-10,13-14H2,(H,21,23). The van der Waals surface area contributed by atoms with Crippen LogP contribution in [0.15, 0.2) is 48.8 Å². The molecule has 124 valence electrons. The van der Waals surface area contributed by atoms with Gasteiger partial charge in [-0.15, -0.1) is 0 Å². The molecule has 0 aliphatic carbocycles. The quantitative estimate of drug-likeness (QED) is 0.794. The summed E-state index contributed by atoms with van der Waals surface area (Å²) in [6.45, 7) is 1.71. The first-order valence-electron chi connectivity index (χ1n) is 8.27. The van der Waals surface area contributed by atoms with Gasteiger partial charge in [0.2, 0.25) is 5.91 Å². The van der Waals surface area contributed by atoms with E-state index in [1.165, 1.54) is 5.56 Å². The van der Waals surface area contributed by atoms with Crippen LogP contribution in [-0.2, 0) is 17.8 Å². The number of carbonyl (C=O) groups excluding carboxylic acids is 2. The van der Waals surface area contributed by atoms with Gasteiger partial charge in [-0.1, -0.05) is 18.2 Å². The van der Waals surface area contributed by atoms with Gasteiger partial charge in [-0.3, -0.25) is 14.6 Å². The zero-order valence-electron chi connectivity index (χ0n) is 13.6. The third-order valence-electron chi connectivity index (χ3n) is 4.22. The topological polar surface area (TPSA) is 62.3 Å². The van der Waals surface area contributed by atoms with E-state index in [1.807, 2.05) is 36.4 Å². The summed E-state index contributed by atoms with van der Waals surface area (Å²) >= 11 is 0. The molecular formula is C19H21N3O2. The van der Waals surface area contributed by atoms with Gasteiger partial charge in [0.15, 0.2) is 0 Å². The normalized spacial score (nSPS) is 13.0. The molecule has 2 aromatic rings. The van der Waals surface area contributed by atoms with Crippen LogP contribution in [0, 0.1) is 0 Å². The molecule has 0 radical (unpaired) electrons. The van der Waals surface area contributed by atoms with Crippen LogP contribution in [0.3, 0.4) is 0 Å². The molecule has 0 saturated heterocycles. The van der Waals surface area contributed by atoms with E-state index in [4.69, 9.17) is 0 Å². The minimum absolute atomic E-state index is 0.00603. The van der Waals surface area contributed by atoms with Crippen molar-refractivity contribution < 1.29 is 9.59 Å². The van der Waals surface area contributed by atoms with Gasteiger partial charge in [0.05, 0.1) is 0 Å². The summed E-state index contributed by atoms with van der Waals surface area (Å²) in [6, 6.07) is 11.6. The number of pyridine rings is 1. The summed E-state index contributed by atoms with van der Waals surface area (Å²) < 4.78 is 0. The van der Waals surface area contributed by atoms with E-state index >= 15 is 0 Å². The van der Waals surface area contributed by atoms with Crippen molar-refractivity contribution >= 4 is 11.8 Å². The molecule has 3 rings (SSSR count). The van der Waals surface area contributed by atoms with E-state index in [2.05, 4.69) is 10.3 Å². The number of nitrogens with one attached hydrogen (secondary N) is 1. The molecule has 24 heavy (non-hydrogen) atoms. The van der Waals surface area contributed by atoms with E-state index in [0.29, 0.717) is 26.1 Å². The number of aryl methyl sites for hydroxylation is 1. The van der Waals surface area contributed by atoms with Crippen molar-refractivity contribution in [2.45, 2.75) is 25.8 Å². The van der Waals surface area contributed by atoms with E-state index in [0.717, 1.165) is 24.0 Å². The smallest absolute Gasteiger partial charge is 0.254 e. The molecule has 1 aliphatic heterocycles. The minimum Gasteiger partial charge on any atom is -0.356 e. The lowest BCUT2D eigenvalue weighted by Gasteiger charge is -2.15. The highest BCUT2D eigenvalue weighted by molar-refractivity contribution is 5.98. The van der Waals surface area contributed by atoms with Crippen molar-refractivity contribution in [3.05, 3.63) is 65.5 Å². The highest BCUT2D eigenvalue weighted by atomic mass is 16.2. The molecular weight excluding hydrogens is 302 g/mol. The summed E-state index contributed by atoms with van der Waals surface area (Å²) in [4.78, 5) is 29.9. The lowest BCUT2D eigenvalue weighted by molar-refractivity contribution is -0.121. The predicted octanol–water partition coefficient (Wildman–Crippen LogP) is 2.18. The summed E-state index contributed by atoms with van der Waals surface area (Å²) in [5.74, 6) is 0.0181. The predicted molar refractivity (Wildman–Crippen MR) is 91.4 cm³/mol. The number of hydrogen-bond acceptors (Lipinski definition) is 3. The van der Waals surface area contributed by atoms with Crippen molar-refractivity contribution in [1.82, 2.24) is 15.2 Å². The van der Waals surface area contributed by atoms with Crippen LogP contribution in [0.4, 0.5) is 0 Å². The Hall–Kier alpha value is -2.69. The third-order valence-corrected chi connectivity index (χ3v) is 4.22. The Kier molecular flexibility index (Phi) is 5.21. The number of benzene rings is 1. The first kappa shape index (κ1) is 16.2. The summed E-state index contributed by atoms with van der Waals surface area (Å²) in [6.07, 6.45) is 5.71. The number of carbonyl (C=O) groups is 2. The molecule has 0 bridgehead atoms. The van der Waals surface area contributed by atoms with Crippen LogP contribution in [0.2, 0.25) is 0 Å². The average molecular weight is 323 g/mol. The van der Waals surface area contributed by atoms with Gasteiger partial charge in [-0.2, -0.15) is 0 Å². The summed E-state index contributed by atoms with van der Waals surface area (Å²) in [5.41, 5.74) is 3.02. The molecule has 1 aliphatic rings. The van der Waals surface area contributed by atoms with Gasteiger partial charge >= 0.3 is 0 Å². The van der Waals surface area contributed by atoms with E-state index in [1.54, 1.807) is 17.3 Å². The number of aromatic nitrogens is 1. The van der Waals surface area contributed by atoms with Crippen LogP contribution in [0.5, 0.6) is 0 Å². The Morgan fingerprint density at radius 1 is 1.17 bits per heavy atom. The van der Waals surface area contributed by atoms with Crippen LogP contribution in [-0.4, -0.2) is 34.8 Å². The monoisotopic (exact) mass is 323 g/mol. The van der Waals surface area contributed by atoms with Gasteiger partial charge in [0.1, 0.15) is 0 Å². The van der Waals surface area contributed by atoms with Crippen molar-refractivity contribution in [3.8, 4) is 0 Å². The first-order chi connectivity index (χ1) is 11.7. The van der Waals surface area contributed by atoms with E-state index in [9.17, 15) is 9.59 Å². The van der Waals surface area contributed by atoms with Crippen LogP contribution in [0.25, 0.3) is 0 Å². The lowest BCUT2D eigenvalue weighted by atomic mass is 10.1. The Morgan fingerprint density at radius 2 is 1.96 bits per heavy atom. The second kappa shape index (κ2) is 7.73. The third kappa shape index (κ3) is 3.98. The Labute approximate surface area is 141 Å². The number of fused-ring (bicyclic) bond motifs is 1. The van der Waals surface area contributed by atoms with E-state index < -0.39 is 0 Å². The largest absolute Gasteiger partial charge is 0.356 e. The fraction of sp³-hybridized carbons (Fsp3) is 0.316. The number of amides is 2. The molecule has 5 heteroatoms. The van der Waals surface area contributed by atoms with Crippen LogP contribution < -0.4 is 5.32 Å². The van der Waals surface area contributed by atoms with Gasteiger partial charge in [-0.25, -0.2) is 0 Å². The second-order valence-corrected chi connectivity index (χ2v) is 5.94. The zero-order valence-corrected chi connectivity index (χ0v) is 13.6. The lowest BCUT2D eigenvalue weighted by Crippen LogP contribution is -2.31. The number of nitrogens with zero attached hydrogens (tertiary/aromatic N) is 2. The molecule has 1 aromatic heterocycles. The van der Waals surface area contributed by atoms with E-state index in [-0.39, 0.29) is 11.8 Å². The van der Waals surface area contributed by atoms with Gasteiger partial charge in [0.25, 0.3) is 5.91 Å². The SMILES string of the molecule is O=C(CCN1Cc2ccccc2C1=O)NCCCc1ccncc1. The fourth-order valence-corrected chi connectivity index (χ4v) is 2.89. The highest BCUT2D eigenvalue weighted by Gasteiger charge is 2.26. The average Bonchev–Trinajstić information content (AvgIpc) is 2.94. The molecule has 0 atom stereocenters. The summed E-state index contributed by atoms with van der Waals surface area (Å²) in [5, 5.41) is 2.92. The molecule has 1 N–H and O–H groups in total. The molecule has 5 nitrogen and oxygen atoms in total. The van der Waals surface area contributed by atoms with Crippen molar-refractivity contribution in [2.75, 3.05) is 13.1 Å². The molecule has 2 amide bonds. The van der Waals surface area contributed by atoms with Gasteiger partial charge < -0.3 is 10.2 Å². The molecule has 1 aromatic carbocycles. The molecule has 0 fully saturated rings. The van der Waals surface area contributed by atoms with Crippen molar-refractivity contribution in [2.24, 2.45) is 0 Å². The molecule has 2 heterocycles. The minimum atomic E-state index is -0.00603. The van der Waals surface area contributed by atoms with Gasteiger partial charge in [0, 0.05) is 44.0 Å². The Balaban J connectivity index is 1.35. The number of hydrogen-bond donors (Lipinski definition) is 1. The summed E-state index contributed by atoms with van der Waals surface area (Å²) in [7, 11) is 0. The zero-order chi connectivity index (χ0) is 16.8. The maximum Gasteiger partial charge on any atom is 0.254 e. The Morgan fingerprint density at radius 3 is 2.75 bits per heavy atom. The first-order valence-corrected chi connectivity index (χ1v) is 8.27. The molecule has 0 spiro atoms. The maximum atomic E-state index is 12.2. The molecule has 0 saturated carbocycles. The van der Waals surface area contributed by atoms with Crippen molar-refractivity contribution in [1.29, 1.82) is 0 Å². The number of rotatable bonds is 7. The fourth-order valence-electron chi connectivity index (χ4n) is 2.89. The van der Waals surface area contributed by atoms with Gasteiger partial charge in [-0.05, 0) is 42.2 Å². The Bertz CT molecular complexity index is 716. The molecule has 0 unspecified atom stereocenters.